The van der Waals surface area contributed by atoms with Gasteiger partial charge in [-0.1, -0.05) is 18.7 Å². The van der Waals surface area contributed by atoms with Gasteiger partial charge in [0.15, 0.2) is 0 Å². The number of hydrogen-bond acceptors (Lipinski definition) is 4. The number of benzene rings is 1. The fourth-order valence-electron chi connectivity index (χ4n) is 2.45. The molecule has 1 aromatic heterocycles. The van der Waals surface area contributed by atoms with Crippen LogP contribution in [0.1, 0.15) is 17.3 Å². The molecule has 0 unspecified atom stereocenters. The summed E-state index contributed by atoms with van der Waals surface area (Å²) in [5, 5.41) is 9.40. The van der Waals surface area contributed by atoms with E-state index in [1.807, 2.05) is 6.92 Å². The lowest BCUT2D eigenvalue weighted by molar-refractivity contribution is 0.102. The number of fused-ring (bicyclic) bond motifs is 1. The molecule has 8 heteroatoms. The second kappa shape index (κ2) is 6.76. The highest BCUT2D eigenvalue weighted by molar-refractivity contribution is 6.08. The number of nitrogens with zero attached hydrogens (tertiary/aromatic N) is 2. The van der Waals surface area contributed by atoms with Gasteiger partial charge < -0.3 is 15.4 Å². The summed E-state index contributed by atoms with van der Waals surface area (Å²) in [6, 6.07) is 6.96. The molecule has 0 fully saturated rings. The van der Waals surface area contributed by atoms with Crippen molar-refractivity contribution in [3.05, 3.63) is 54.4 Å². The van der Waals surface area contributed by atoms with Crippen LogP contribution in [0.15, 0.2) is 48.8 Å². The summed E-state index contributed by atoms with van der Waals surface area (Å²) >= 11 is 0. The zero-order valence-electron chi connectivity index (χ0n) is 13.4. The molecule has 1 aliphatic heterocycles. The number of ether oxygens (including phenoxy) is 1. The first-order chi connectivity index (χ1) is 12.0. The van der Waals surface area contributed by atoms with E-state index in [0.29, 0.717) is 18.0 Å². The Kier molecular flexibility index (Phi) is 4.51. The van der Waals surface area contributed by atoms with Crippen LogP contribution in [0, 0.1) is 0 Å². The summed E-state index contributed by atoms with van der Waals surface area (Å²) in [6.45, 7) is 5.91. The molecule has 2 N–H and O–H groups in total. The third-order valence-corrected chi connectivity index (χ3v) is 3.52. The molecule has 1 aromatic carbocycles. The van der Waals surface area contributed by atoms with Crippen molar-refractivity contribution in [1.82, 2.24) is 9.78 Å². The number of hydrogen-bond donors (Lipinski definition) is 2. The van der Waals surface area contributed by atoms with Crippen molar-refractivity contribution in [1.29, 1.82) is 0 Å². The third kappa shape index (κ3) is 3.23. The summed E-state index contributed by atoms with van der Waals surface area (Å²) in [5.74, 6) is 0.170. The van der Waals surface area contributed by atoms with Gasteiger partial charge in [-0.05, 0) is 25.1 Å². The molecule has 1 aliphatic rings. The lowest BCUT2D eigenvalue weighted by atomic mass is 10.2. The molecule has 0 radical (unpaired) electrons. The number of nitrogens with one attached hydrogen (secondary N) is 2. The van der Waals surface area contributed by atoms with Crippen molar-refractivity contribution in [2.45, 2.75) is 13.3 Å². The number of amides is 1. The van der Waals surface area contributed by atoms with Gasteiger partial charge >= 0.3 is 0 Å². The normalized spacial score (nSPS) is 13.1. The predicted molar refractivity (Wildman–Crippen MR) is 90.8 cm³/mol. The minimum atomic E-state index is -2.74. The van der Waals surface area contributed by atoms with Crippen LogP contribution in [0.2, 0.25) is 0 Å². The zero-order chi connectivity index (χ0) is 18.0. The second-order valence-corrected chi connectivity index (χ2v) is 5.22. The molecule has 1 amide bonds. The summed E-state index contributed by atoms with van der Waals surface area (Å²) in [5.41, 5.74) is 0.520. The van der Waals surface area contributed by atoms with Gasteiger partial charge in [0.05, 0.1) is 18.5 Å². The first kappa shape index (κ1) is 16.7. The van der Waals surface area contributed by atoms with E-state index in [4.69, 9.17) is 4.74 Å². The Hall–Kier alpha value is -3.16. The smallest absolute Gasteiger partial charge is 0.280 e. The second-order valence-electron chi connectivity index (χ2n) is 5.22. The number of rotatable bonds is 5. The van der Waals surface area contributed by atoms with Crippen molar-refractivity contribution >= 4 is 23.1 Å². The molecular formula is C17H16F2N4O2. The largest absolute Gasteiger partial charge is 0.492 e. The molecule has 0 saturated heterocycles. The quantitative estimate of drug-likeness (QED) is 0.868. The van der Waals surface area contributed by atoms with Gasteiger partial charge in [0, 0.05) is 5.70 Å². The number of halogens is 2. The first-order valence-corrected chi connectivity index (χ1v) is 7.58. The van der Waals surface area contributed by atoms with Gasteiger partial charge in [0.2, 0.25) is 0 Å². The average molecular weight is 346 g/mol. The van der Waals surface area contributed by atoms with E-state index in [0.717, 1.165) is 4.68 Å². The lowest BCUT2D eigenvalue weighted by Crippen LogP contribution is -2.20. The van der Waals surface area contributed by atoms with Crippen molar-refractivity contribution < 1.29 is 18.3 Å². The molecule has 6 nitrogen and oxygen atoms in total. The number of allylic oxidation sites excluding steroid dienone is 2. The molecule has 0 bridgehead atoms. The summed E-state index contributed by atoms with van der Waals surface area (Å²) in [7, 11) is 0. The molecule has 3 rings (SSSR count). The van der Waals surface area contributed by atoms with E-state index in [1.54, 1.807) is 24.3 Å². The minimum absolute atomic E-state index is 0.124. The van der Waals surface area contributed by atoms with Crippen molar-refractivity contribution in [3.8, 4) is 5.75 Å². The molecule has 0 spiro atoms. The highest BCUT2D eigenvalue weighted by atomic mass is 19.3. The number of carbonyl (C=O) groups excluding carboxylic acids is 1. The minimum Gasteiger partial charge on any atom is -0.492 e. The maximum Gasteiger partial charge on any atom is 0.280 e. The van der Waals surface area contributed by atoms with Crippen LogP contribution in [0.3, 0.4) is 0 Å². The Morgan fingerprint density at radius 1 is 1.44 bits per heavy atom. The predicted octanol–water partition coefficient (Wildman–Crippen LogP) is 3.58. The van der Waals surface area contributed by atoms with E-state index >= 15 is 0 Å². The van der Waals surface area contributed by atoms with E-state index in [9.17, 15) is 13.6 Å². The van der Waals surface area contributed by atoms with Crippen LogP contribution in [-0.2, 0) is 0 Å². The van der Waals surface area contributed by atoms with Crippen LogP contribution in [0.4, 0.5) is 20.3 Å². The van der Waals surface area contributed by atoms with Crippen LogP contribution >= 0.6 is 0 Å². The van der Waals surface area contributed by atoms with Gasteiger partial charge in [0.1, 0.15) is 22.8 Å². The maximum atomic E-state index is 13.2. The molecule has 0 atom stereocenters. The highest BCUT2D eigenvalue weighted by Gasteiger charge is 2.27. The summed E-state index contributed by atoms with van der Waals surface area (Å²) in [4.78, 5) is 12.6. The third-order valence-electron chi connectivity index (χ3n) is 3.52. The van der Waals surface area contributed by atoms with Crippen LogP contribution in [-0.4, -0.2) is 28.7 Å². The molecule has 0 aliphatic carbocycles. The van der Waals surface area contributed by atoms with Gasteiger partial charge in [-0.2, -0.15) is 5.10 Å². The van der Waals surface area contributed by atoms with Crippen molar-refractivity contribution in [2.24, 2.45) is 0 Å². The topological polar surface area (TPSA) is 68.2 Å². The Morgan fingerprint density at radius 2 is 2.20 bits per heavy atom. The SMILES string of the molecule is C=C1C=C(C(F)F)n2ncc(C(=O)Nc3ccccc3OCC)c2N1. The molecule has 0 saturated carbocycles. The fraction of sp³-hybridized carbons (Fsp3) is 0.176. The molecular weight excluding hydrogens is 330 g/mol. The standard InChI is InChI=1S/C17H16F2N4O2/c1-3-25-14-7-5-4-6-12(14)22-17(24)11-9-20-23-13(15(18)19)8-10(2)21-16(11)23/h4-9,15,21H,2-3H2,1H3,(H,22,24). The fourth-order valence-corrected chi connectivity index (χ4v) is 2.45. The van der Waals surface area contributed by atoms with E-state index < -0.39 is 12.3 Å². The Labute approximate surface area is 142 Å². The number of alkyl halides is 2. The average Bonchev–Trinajstić information content (AvgIpc) is 2.99. The van der Waals surface area contributed by atoms with Crippen LogP contribution < -0.4 is 15.4 Å². The van der Waals surface area contributed by atoms with Crippen molar-refractivity contribution in [3.63, 3.8) is 0 Å². The Balaban J connectivity index is 1.91. The number of carbonyl (C=O) groups is 1. The zero-order valence-corrected chi connectivity index (χ0v) is 13.4. The highest BCUT2D eigenvalue weighted by Crippen LogP contribution is 2.31. The number of aromatic nitrogens is 2. The number of para-hydroxylation sites is 2. The van der Waals surface area contributed by atoms with E-state index in [2.05, 4.69) is 22.3 Å². The van der Waals surface area contributed by atoms with Gasteiger partial charge in [0.25, 0.3) is 12.3 Å². The molecule has 2 aromatic rings. The van der Waals surface area contributed by atoms with Crippen LogP contribution in [0.5, 0.6) is 5.75 Å². The monoisotopic (exact) mass is 346 g/mol. The maximum absolute atomic E-state index is 13.2. The lowest BCUT2D eigenvalue weighted by Gasteiger charge is -2.19. The van der Waals surface area contributed by atoms with Gasteiger partial charge in [-0.25, -0.2) is 13.5 Å². The molecule has 2 heterocycles. The van der Waals surface area contributed by atoms with E-state index in [-0.39, 0.29) is 22.8 Å². The first-order valence-electron chi connectivity index (χ1n) is 7.58. The Bertz CT molecular complexity index is 858. The summed E-state index contributed by atoms with van der Waals surface area (Å²) < 4.78 is 32.8. The molecule has 25 heavy (non-hydrogen) atoms. The Morgan fingerprint density at radius 3 is 2.92 bits per heavy atom. The summed E-state index contributed by atoms with van der Waals surface area (Å²) in [6.07, 6.45) is -0.320. The van der Waals surface area contributed by atoms with Crippen molar-refractivity contribution in [2.75, 3.05) is 17.2 Å². The van der Waals surface area contributed by atoms with Crippen LogP contribution in [0.25, 0.3) is 5.70 Å². The number of anilines is 2. The van der Waals surface area contributed by atoms with E-state index in [1.165, 1.54) is 12.3 Å². The van der Waals surface area contributed by atoms with Gasteiger partial charge in [-0.3, -0.25) is 4.79 Å². The van der Waals surface area contributed by atoms with Gasteiger partial charge in [-0.15, -0.1) is 0 Å². The molecule has 130 valence electrons.